The molecule has 0 spiro atoms. The van der Waals surface area contributed by atoms with Crippen LogP contribution in [0.5, 0.6) is 0 Å². The van der Waals surface area contributed by atoms with Gasteiger partial charge >= 0.3 is 0 Å². The molecule has 0 aliphatic heterocycles. The Kier molecular flexibility index (Phi) is 3.30. The monoisotopic (exact) mass is 227 g/mol. The van der Waals surface area contributed by atoms with Gasteiger partial charge < -0.3 is 4.74 Å². The van der Waals surface area contributed by atoms with Crippen LogP contribution in [0.3, 0.4) is 0 Å². The van der Waals surface area contributed by atoms with Crippen LogP contribution in [0.15, 0.2) is 5.38 Å². The van der Waals surface area contributed by atoms with Gasteiger partial charge in [0.1, 0.15) is 0 Å². The van der Waals surface area contributed by atoms with E-state index in [1.54, 1.807) is 0 Å². The van der Waals surface area contributed by atoms with E-state index < -0.39 is 0 Å². The number of nitrogens with zero attached hydrogens (tertiary/aromatic N) is 1. The number of hydrazine groups is 1. The second-order valence-electron chi connectivity index (χ2n) is 3.48. The molecule has 0 atom stereocenters. The highest BCUT2D eigenvalue weighted by Crippen LogP contribution is 2.23. The SMILES string of the molecule is NNC(=O)c1nc(COC2CCC2)cs1. The molecule has 82 valence electrons. The first-order valence-corrected chi connectivity index (χ1v) is 5.74. The van der Waals surface area contributed by atoms with Crippen LogP contribution in [0, 0.1) is 0 Å². The van der Waals surface area contributed by atoms with Gasteiger partial charge in [0.15, 0.2) is 5.01 Å². The van der Waals surface area contributed by atoms with E-state index >= 15 is 0 Å². The Morgan fingerprint density at radius 3 is 3.13 bits per heavy atom. The largest absolute Gasteiger partial charge is 0.372 e. The van der Waals surface area contributed by atoms with Crippen LogP contribution >= 0.6 is 11.3 Å². The van der Waals surface area contributed by atoms with Crippen molar-refractivity contribution in [2.45, 2.75) is 32.0 Å². The minimum atomic E-state index is -0.352. The fourth-order valence-corrected chi connectivity index (χ4v) is 1.98. The van der Waals surface area contributed by atoms with Crippen molar-refractivity contribution in [2.75, 3.05) is 0 Å². The maximum Gasteiger partial charge on any atom is 0.294 e. The van der Waals surface area contributed by atoms with E-state index in [4.69, 9.17) is 10.6 Å². The van der Waals surface area contributed by atoms with Crippen LogP contribution in [-0.4, -0.2) is 17.0 Å². The van der Waals surface area contributed by atoms with Gasteiger partial charge in [-0.15, -0.1) is 11.3 Å². The number of aromatic nitrogens is 1. The lowest BCUT2D eigenvalue weighted by Gasteiger charge is -2.24. The van der Waals surface area contributed by atoms with Gasteiger partial charge in [-0.1, -0.05) is 0 Å². The first-order valence-electron chi connectivity index (χ1n) is 4.86. The number of carbonyl (C=O) groups excluding carboxylic acids is 1. The van der Waals surface area contributed by atoms with E-state index in [0.29, 0.717) is 17.7 Å². The summed E-state index contributed by atoms with van der Waals surface area (Å²) in [4.78, 5) is 15.2. The minimum absolute atomic E-state index is 0.352. The highest BCUT2D eigenvalue weighted by Gasteiger charge is 2.18. The Labute approximate surface area is 91.6 Å². The Morgan fingerprint density at radius 2 is 2.53 bits per heavy atom. The Morgan fingerprint density at radius 1 is 1.73 bits per heavy atom. The maximum absolute atomic E-state index is 11.1. The summed E-state index contributed by atoms with van der Waals surface area (Å²) >= 11 is 1.28. The molecule has 1 aromatic heterocycles. The molecule has 1 amide bonds. The summed E-state index contributed by atoms with van der Waals surface area (Å²) in [6, 6.07) is 0. The summed E-state index contributed by atoms with van der Waals surface area (Å²) in [6.07, 6.45) is 3.92. The predicted molar refractivity (Wildman–Crippen MR) is 56.2 cm³/mol. The van der Waals surface area contributed by atoms with Crippen molar-refractivity contribution in [3.05, 3.63) is 16.1 Å². The average Bonchev–Trinajstić information content (AvgIpc) is 2.63. The van der Waals surface area contributed by atoms with Crippen molar-refractivity contribution in [2.24, 2.45) is 5.84 Å². The maximum atomic E-state index is 11.1. The molecule has 1 saturated carbocycles. The Hall–Kier alpha value is -0.980. The van der Waals surface area contributed by atoms with Crippen molar-refractivity contribution in [3.8, 4) is 0 Å². The molecule has 0 saturated heterocycles. The first-order chi connectivity index (χ1) is 7.29. The molecule has 2 rings (SSSR count). The predicted octanol–water partition coefficient (Wildman–Crippen LogP) is 0.816. The molecule has 6 heteroatoms. The molecular formula is C9H13N3O2S. The summed E-state index contributed by atoms with van der Waals surface area (Å²) in [5.41, 5.74) is 2.85. The summed E-state index contributed by atoms with van der Waals surface area (Å²) in [5.74, 6) is 4.65. The number of rotatable bonds is 4. The number of nitrogen functional groups attached to an aromatic ring is 1. The van der Waals surface area contributed by atoms with Gasteiger partial charge in [-0.25, -0.2) is 10.8 Å². The van der Waals surface area contributed by atoms with E-state index in [9.17, 15) is 4.79 Å². The number of amides is 1. The first kappa shape index (κ1) is 10.5. The Bertz CT molecular complexity index is 349. The molecule has 1 aliphatic carbocycles. The van der Waals surface area contributed by atoms with Gasteiger partial charge in [-0.3, -0.25) is 10.2 Å². The van der Waals surface area contributed by atoms with Gasteiger partial charge in [-0.2, -0.15) is 0 Å². The van der Waals surface area contributed by atoms with Crippen LogP contribution in [0.1, 0.15) is 34.8 Å². The van der Waals surface area contributed by atoms with Crippen LogP contribution in [-0.2, 0) is 11.3 Å². The van der Waals surface area contributed by atoms with Gasteiger partial charge in [0, 0.05) is 5.38 Å². The molecule has 1 aromatic rings. The average molecular weight is 227 g/mol. The lowest BCUT2D eigenvalue weighted by atomic mass is 9.96. The highest BCUT2D eigenvalue weighted by atomic mass is 32.1. The quantitative estimate of drug-likeness (QED) is 0.453. The summed E-state index contributed by atoms with van der Waals surface area (Å²) < 4.78 is 5.57. The third kappa shape index (κ3) is 2.53. The molecule has 0 aromatic carbocycles. The number of nitrogens with one attached hydrogen (secondary N) is 1. The zero-order chi connectivity index (χ0) is 10.7. The molecule has 1 aliphatic rings. The van der Waals surface area contributed by atoms with Crippen molar-refractivity contribution in [1.82, 2.24) is 10.4 Å². The van der Waals surface area contributed by atoms with Crippen molar-refractivity contribution in [3.63, 3.8) is 0 Å². The number of carbonyl (C=O) groups is 1. The number of hydrogen-bond donors (Lipinski definition) is 2. The highest BCUT2D eigenvalue weighted by molar-refractivity contribution is 7.11. The van der Waals surface area contributed by atoms with E-state index in [0.717, 1.165) is 18.5 Å². The lowest BCUT2D eigenvalue weighted by Crippen LogP contribution is -2.29. The van der Waals surface area contributed by atoms with Crippen LogP contribution in [0.25, 0.3) is 0 Å². The molecule has 3 N–H and O–H groups in total. The van der Waals surface area contributed by atoms with Crippen molar-refractivity contribution in [1.29, 1.82) is 0 Å². The number of nitrogens with two attached hydrogens (primary N) is 1. The second kappa shape index (κ2) is 4.69. The van der Waals surface area contributed by atoms with Gasteiger partial charge in [0.2, 0.25) is 0 Å². The number of ether oxygens (including phenoxy) is 1. The van der Waals surface area contributed by atoms with Crippen molar-refractivity contribution >= 4 is 17.2 Å². The fraction of sp³-hybridized carbons (Fsp3) is 0.556. The normalized spacial score (nSPS) is 16.1. The molecule has 1 heterocycles. The number of thiazole rings is 1. The third-order valence-corrected chi connectivity index (χ3v) is 3.29. The second-order valence-corrected chi connectivity index (χ2v) is 4.34. The molecule has 0 unspecified atom stereocenters. The summed E-state index contributed by atoms with van der Waals surface area (Å²) in [7, 11) is 0. The van der Waals surface area contributed by atoms with Crippen molar-refractivity contribution < 1.29 is 9.53 Å². The van der Waals surface area contributed by atoms with Gasteiger partial charge in [0.25, 0.3) is 5.91 Å². The van der Waals surface area contributed by atoms with E-state index in [1.165, 1.54) is 17.8 Å². The van der Waals surface area contributed by atoms with Crippen LogP contribution in [0.4, 0.5) is 0 Å². The van der Waals surface area contributed by atoms with Gasteiger partial charge in [-0.05, 0) is 19.3 Å². The standard InChI is InChI=1S/C9H13N3O2S/c10-12-8(13)9-11-6(5-15-9)4-14-7-2-1-3-7/h5,7H,1-4,10H2,(H,12,13). The fourth-order valence-electron chi connectivity index (χ4n) is 1.28. The molecule has 1 fully saturated rings. The lowest BCUT2D eigenvalue weighted by molar-refractivity contribution is -0.00991. The molecule has 0 radical (unpaired) electrons. The smallest absolute Gasteiger partial charge is 0.294 e. The summed E-state index contributed by atoms with van der Waals surface area (Å²) in [6.45, 7) is 0.485. The topological polar surface area (TPSA) is 77.2 Å². The minimum Gasteiger partial charge on any atom is -0.372 e. The van der Waals surface area contributed by atoms with E-state index in [1.807, 2.05) is 10.8 Å². The van der Waals surface area contributed by atoms with Crippen LogP contribution in [0.2, 0.25) is 0 Å². The number of hydrogen-bond acceptors (Lipinski definition) is 5. The molecular weight excluding hydrogens is 214 g/mol. The summed E-state index contributed by atoms with van der Waals surface area (Å²) in [5, 5.41) is 2.20. The van der Waals surface area contributed by atoms with E-state index in [-0.39, 0.29) is 5.91 Å². The van der Waals surface area contributed by atoms with E-state index in [2.05, 4.69) is 4.98 Å². The molecule has 5 nitrogen and oxygen atoms in total. The molecule has 0 bridgehead atoms. The van der Waals surface area contributed by atoms with Gasteiger partial charge in [0.05, 0.1) is 18.4 Å². The zero-order valence-electron chi connectivity index (χ0n) is 8.23. The third-order valence-electron chi connectivity index (χ3n) is 2.40. The van der Waals surface area contributed by atoms with Crippen LogP contribution < -0.4 is 11.3 Å². The Balaban J connectivity index is 1.86. The zero-order valence-corrected chi connectivity index (χ0v) is 9.05. The molecule has 15 heavy (non-hydrogen) atoms.